The zero-order chi connectivity index (χ0) is 32.4. The molecule has 2 unspecified atom stereocenters. The Morgan fingerprint density at radius 1 is 1.18 bits per heavy atom. The number of nitrogens with one attached hydrogen (secondary N) is 1. The van der Waals surface area contributed by atoms with Crippen LogP contribution < -0.4 is 21.0 Å². The van der Waals surface area contributed by atoms with E-state index in [-0.39, 0.29) is 28.5 Å². The molecular formula is C29H30F3N3O8S. The van der Waals surface area contributed by atoms with Gasteiger partial charge in [0.1, 0.15) is 28.8 Å². The number of carboxylic acids is 1. The number of halogens is 3. The second kappa shape index (κ2) is 12.8. The molecule has 1 aliphatic carbocycles. The summed E-state index contributed by atoms with van der Waals surface area (Å²) in [7, 11) is 0.825. The number of phenols is 1. The molecule has 11 nitrogen and oxygen atoms in total. The summed E-state index contributed by atoms with van der Waals surface area (Å²) in [6, 6.07) is 8.43. The first kappa shape index (κ1) is 32.7. The predicted molar refractivity (Wildman–Crippen MR) is 150 cm³/mol. The molecular weight excluding hydrogens is 607 g/mol. The molecule has 236 valence electrons. The summed E-state index contributed by atoms with van der Waals surface area (Å²) in [4.78, 5) is 13.6. The molecule has 2 heterocycles. The Bertz CT molecular complexity index is 1780. The smallest absolute Gasteiger partial charge is 0.430 e. The topological polar surface area (TPSA) is 150 Å². The number of rotatable bonds is 8. The minimum absolute atomic E-state index is 0.150. The van der Waals surface area contributed by atoms with E-state index in [1.807, 2.05) is 19.1 Å². The van der Waals surface area contributed by atoms with Gasteiger partial charge in [-0.3, -0.25) is 4.99 Å². The van der Waals surface area contributed by atoms with E-state index >= 15 is 0 Å². The third-order valence-electron chi connectivity index (χ3n) is 7.07. The van der Waals surface area contributed by atoms with Crippen LogP contribution in [0.5, 0.6) is 5.75 Å². The van der Waals surface area contributed by atoms with Crippen molar-refractivity contribution in [2.75, 3.05) is 39.7 Å². The Balaban J connectivity index is 0.000000566. The van der Waals surface area contributed by atoms with Gasteiger partial charge in [-0.2, -0.15) is 21.6 Å². The van der Waals surface area contributed by atoms with Crippen molar-refractivity contribution in [3.63, 3.8) is 0 Å². The molecule has 2 N–H and O–H groups in total. The van der Waals surface area contributed by atoms with Crippen LogP contribution in [-0.4, -0.2) is 82.5 Å². The van der Waals surface area contributed by atoms with E-state index in [0.717, 1.165) is 16.7 Å². The Labute approximate surface area is 251 Å². The Morgan fingerprint density at radius 2 is 1.84 bits per heavy atom. The molecule has 2 aromatic carbocycles. The quantitative estimate of drug-likeness (QED) is 0.322. The molecule has 2 atom stereocenters. The second-order valence-corrected chi connectivity index (χ2v) is 11.7. The highest BCUT2D eigenvalue weighted by atomic mass is 32.2. The highest BCUT2D eigenvalue weighted by Crippen LogP contribution is 2.36. The van der Waals surface area contributed by atoms with Crippen LogP contribution in [0.2, 0.25) is 0 Å². The molecule has 0 spiro atoms. The van der Waals surface area contributed by atoms with Gasteiger partial charge < -0.3 is 34.5 Å². The van der Waals surface area contributed by atoms with E-state index in [4.69, 9.17) is 24.1 Å². The lowest BCUT2D eigenvalue weighted by atomic mass is 9.99. The summed E-state index contributed by atoms with van der Waals surface area (Å²) >= 11 is 0. The van der Waals surface area contributed by atoms with Gasteiger partial charge in [0.25, 0.3) is 5.69 Å². The first-order chi connectivity index (χ1) is 20.7. The molecule has 0 aromatic heterocycles. The lowest BCUT2D eigenvalue weighted by molar-refractivity contribution is -0.344. The first-order valence-corrected chi connectivity index (χ1v) is 14.6. The molecule has 0 amide bonds. The highest BCUT2D eigenvalue weighted by molar-refractivity contribution is 7.85. The largest absolute Gasteiger partial charge is 0.542 e. The van der Waals surface area contributed by atoms with Crippen LogP contribution in [0.3, 0.4) is 0 Å². The van der Waals surface area contributed by atoms with Crippen LogP contribution in [0, 0.1) is 6.92 Å². The summed E-state index contributed by atoms with van der Waals surface area (Å²) in [6.45, 7) is 2.77. The number of hydrogen-bond acceptors (Lipinski definition) is 10. The van der Waals surface area contributed by atoms with Crippen LogP contribution in [0.4, 0.5) is 24.5 Å². The van der Waals surface area contributed by atoms with Gasteiger partial charge in [-0.05, 0) is 49.3 Å². The average Bonchev–Trinajstić information content (AvgIpc) is 3.39. The number of aromatic hydroxyl groups is 1. The van der Waals surface area contributed by atoms with Crippen molar-refractivity contribution in [1.82, 2.24) is 0 Å². The molecule has 44 heavy (non-hydrogen) atoms. The van der Waals surface area contributed by atoms with E-state index in [1.165, 1.54) is 3.98 Å². The van der Waals surface area contributed by atoms with E-state index in [0.29, 0.717) is 41.5 Å². The van der Waals surface area contributed by atoms with E-state index in [2.05, 4.69) is 10.3 Å². The SMILES string of the molecule is COC1=CC(CNc2cc3c4c(c2O)[N+](S(=O)(=O)c2ccc(C)cc2)=CC=4CCN=3)=CC(OC)C1OC.O=C([O-])C(F)(F)F. The molecule has 0 saturated carbocycles. The number of ether oxygens (including phenoxy) is 3. The molecule has 0 bridgehead atoms. The first-order valence-electron chi connectivity index (χ1n) is 13.2. The van der Waals surface area contributed by atoms with Gasteiger partial charge in [0.2, 0.25) is 5.75 Å². The van der Waals surface area contributed by atoms with Gasteiger partial charge in [-0.15, -0.1) is 0 Å². The van der Waals surface area contributed by atoms with E-state index in [1.54, 1.807) is 57.9 Å². The number of alkyl halides is 3. The maximum absolute atomic E-state index is 13.6. The fourth-order valence-electron chi connectivity index (χ4n) is 4.90. The van der Waals surface area contributed by atoms with E-state index in [9.17, 15) is 26.7 Å². The number of hydrogen-bond donors (Lipinski definition) is 2. The molecule has 3 aliphatic rings. The van der Waals surface area contributed by atoms with Crippen molar-refractivity contribution in [2.45, 2.75) is 36.6 Å². The summed E-state index contributed by atoms with van der Waals surface area (Å²) in [5, 5.41) is 24.7. The van der Waals surface area contributed by atoms with Gasteiger partial charge in [0.05, 0.1) is 23.4 Å². The standard InChI is InChI=1S/C27H29N3O6S.C2HF3O2/c1-16-5-7-19(8-6-16)37(32,33)30-15-18-9-10-28-20-13-21(26(31)25(30)24(18)20)29-14-17-11-22(34-2)27(36-4)23(12-17)35-3;3-2(4,5)1(6)7/h5-8,11-13,15,22,27H,9-10,14H2,1-4H3,(H,28,29);(H,6,7). The van der Waals surface area contributed by atoms with Crippen molar-refractivity contribution in [3.8, 4) is 5.75 Å². The molecule has 5 rings (SSSR count). The summed E-state index contributed by atoms with van der Waals surface area (Å²) < 4.78 is 76.5. The molecule has 0 radical (unpaired) electrons. The number of nitrogens with zero attached hydrogens (tertiary/aromatic N) is 2. The molecule has 0 saturated heterocycles. The monoisotopic (exact) mass is 637 g/mol. The third-order valence-corrected chi connectivity index (χ3v) is 8.74. The molecule has 2 aromatic rings. The number of methoxy groups -OCH3 is 3. The Kier molecular flexibility index (Phi) is 9.51. The fourth-order valence-corrected chi connectivity index (χ4v) is 6.29. The van der Waals surface area contributed by atoms with Gasteiger partial charge in [0.15, 0.2) is 6.21 Å². The van der Waals surface area contributed by atoms with Crippen molar-refractivity contribution >= 4 is 39.2 Å². The van der Waals surface area contributed by atoms with E-state index < -0.39 is 22.2 Å². The molecule has 2 aliphatic heterocycles. The third kappa shape index (κ3) is 6.49. The zero-order valence-electron chi connectivity index (χ0n) is 24.1. The number of aryl methyl sites for hydroxylation is 1. The van der Waals surface area contributed by atoms with Crippen LogP contribution in [-0.2, 0) is 29.0 Å². The summed E-state index contributed by atoms with van der Waals surface area (Å²) in [5.41, 5.74) is 3.27. The average molecular weight is 638 g/mol. The molecule has 15 heteroatoms. The zero-order valence-corrected chi connectivity index (χ0v) is 25.0. The van der Waals surface area contributed by atoms with Crippen molar-refractivity contribution in [1.29, 1.82) is 0 Å². The van der Waals surface area contributed by atoms with Crippen LogP contribution in [0.1, 0.15) is 12.0 Å². The van der Waals surface area contributed by atoms with Crippen molar-refractivity contribution in [2.24, 2.45) is 4.99 Å². The summed E-state index contributed by atoms with van der Waals surface area (Å²) in [5.74, 6) is -2.53. The fraction of sp³-hybridized carbons (Fsp3) is 0.345. The Morgan fingerprint density at radius 3 is 2.41 bits per heavy atom. The van der Waals surface area contributed by atoms with Crippen LogP contribution in [0.15, 0.2) is 63.7 Å². The predicted octanol–water partition coefficient (Wildman–Crippen LogP) is 1.20. The maximum Gasteiger partial charge on any atom is 0.430 e. The van der Waals surface area contributed by atoms with Crippen LogP contribution in [0.25, 0.3) is 5.57 Å². The number of aliphatic carboxylic acids is 1. The lowest BCUT2D eigenvalue weighted by Crippen LogP contribution is -2.37. The van der Waals surface area contributed by atoms with Gasteiger partial charge >= 0.3 is 16.2 Å². The number of sulfonamides is 1. The van der Waals surface area contributed by atoms with Gasteiger partial charge in [0, 0.05) is 32.9 Å². The number of phenolic OH excluding ortho intramolecular Hbond substituents is 1. The number of anilines is 1. The normalized spacial score (nSPS) is 19.0. The number of carbonyl (C=O) groups excluding carboxylic acids is 1. The number of benzene rings is 2. The van der Waals surface area contributed by atoms with Crippen LogP contribution >= 0.6 is 0 Å². The maximum atomic E-state index is 13.6. The highest BCUT2D eigenvalue weighted by Gasteiger charge is 2.40. The number of carbonyl (C=O) groups is 1. The minimum Gasteiger partial charge on any atom is -0.542 e. The van der Waals surface area contributed by atoms with Gasteiger partial charge in [-0.25, -0.2) is 0 Å². The Hall–Kier alpha value is -4.21. The lowest BCUT2D eigenvalue weighted by Gasteiger charge is -2.28. The number of carboxylic acid groups (broad SMARTS) is 1. The molecule has 0 fully saturated rings. The second-order valence-electron chi connectivity index (χ2n) is 9.90. The van der Waals surface area contributed by atoms with Gasteiger partial charge in [-0.1, -0.05) is 21.7 Å². The van der Waals surface area contributed by atoms with Crippen molar-refractivity contribution < 1.29 is 54.8 Å². The van der Waals surface area contributed by atoms with Crippen molar-refractivity contribution in [3.05, 3.63) is 70.0 Å². The minimum atomic E-state index is -5.19. The summed E-state index contributed by atoms with van der Waals surface area (Å²) in [6.07, 6.45) is 0.101.